The van der Waals surface area contributed by atoms with Crippen molar-refractivity contribution in [1.29, 1.82) is 0 Å². The number of hydrogen-bond acceptors (Lipinski definition) is 0. The SMILES string of the molecule is [F-].[F-].[F-].[F-].c1ccc(C[NH2+]C(c2ccccc2)c2ccccc2)cc1.c1ccc(C[NH2+]C(c2ccccc2)c2ccccc2)cc1.c1ccc(C[NH2+]C(c2ccccc2)c2ccccc2)cc1.c1ccc(C[NH2+]C(c2ccccc2)c2ccccc2)cc1. The van der Waals surface area contributed by atoms with Gasteiger partial charge in [0.1, 0.15) is 50.3 Å². The van der Waals surface area contributed by atoms with Crippen LogP contribution in [0.5, 0.6) is 0 Å². The van der Waals surface area contributed by atoms with E-state index in [0.29, 0.717) is 24.2 Å². The third kappa shape index (κ3) is 22.6. The van der Waals surface area contributed by atoms with Crippen LogP contribution in [0.1, 0.15) is 90.9 Å². The minimum atomic E-state index is 0. The Bertz CT molecular complexity index is 2940. The summed E-state index contributed by atoms with van der Waals surface area (Å²) < 4.78 is 0. The second-order valence-corrected chi connectivity index (χ2v) is 20.9. The smallest absolute Gasteiger partial charge is 0.138 e. The first kappa shape index (κ1) is 69.0. The highest BCUT2D eigenvalue weighted by atomic mass is 19.0. The molecule has 12 aromatic carbocycles. The summed E-state index contributed by atoms with van der Waals surface area (Å²) in [7, 11) is 0. The Hall–Kier alpha value is -9.80. The van der Waals surface area contributed by atoms with Crippen LogP contribution in [0.3, 0.4) is 0 Å². The summed E-state index contributed by atoms with van der Waals surface area (Å²) in [4.78, 5) is 0. The molecule has 0 heterocycles. The molecule has 0 amide bonds. The predicted molar refractivity (Wildman–Crippen MR) is 347 cm³/mol. The molecule has 4 nitrogen and oxygen atoms in total. The van der Waals surface area contributed by atoms with Gasteiger partial charge in [-0.25, -0.2) is 0 Å². The summed E-state index contributed by atoms with van der Waals surface area (Å²) in [5.74, 6) is 0. The highest BCUT2D eigenvalue weighted by molar-refractivity contribution is 5.33. The lowest BCUT2D eigenvalue weighted by atomic mass is 9.98. The number of nitrogens with two attached hydrogens (primary N) is 4. The molecule has 0 radical (unpaired) electrons. The molecule has 0 aliphatic rings. The minimum absolute atomic E-state index is 0. The summed E-state index contributed by atoms with van der Waals surface area (Å²) in [5, 5.41) is 9.61. The van der Waals surface area contributed by atoms with Gasteiger partial charge in [-0.2, -0.15) is 0 Å². The Morgan fingerprint density at radius 2 is 0.250 bits per heavy atom. The van der Waals surface area contributed by atoms with Crippen molar-refractivity contribution in [2.75, 3.05) is 0 Å². The van der Waals surface area contributed by atoms with Crippen molar-refractivity contribution >= 4 is 0 Å². The highest BCUT2D eigenvalue weighted by Gasteiger charge is 2.20. The molecule has 8 heteroatoms. The molecule has 0 saturated carbocycles. The molecule has 0 fully saturated rings. The maximum absolute atomic E-state index is 2.40. The average Bonchev–Trinajstić information content (AvgIpc) is 3.61. The molecule has 0 aliphatic heterocycles. The first-order valence-electron chi connectivity index (χ1n) is 29.6. The Kier molecular flexibility index (Phi) is 31.2. The van der Waals surface area contributed by atoms with Gasteiger partial charge in [-0.3, -0.25) is 0 Å². The number of hydrogen-bond donors (Lipinski definition) is 4. The van der Waals surface area contributed by atoms with Gasteiger partial charge < -0.3 is 40.1 Å². The lowest BCUT2D eigenvalue weighted by molar-refractivity contribution is -0.702. The fraction of sp³-hybridized carbons (Fsp3) is 0.100. The topological polar surface area (TPSA) is 66.4 Å². The van der Waals surface area contributed by atoms with Crippen molar-refractivity contribution in [1.82, 2.24) is 0 Å². The standard InChI is InChI=1S/4C20H19N.4FH/c4*1-4-10-17(11-5-1)16-21-20(18-12-6-2-7-13-18)19-14-8-3-9-15-19;;;;/h4*1-15,20-21H,16H2;4*1H. The molecule has 0 aliphatic carbocycles. The van der Waals surface area contributed by atoms with Crippen molar-refractivity contribution in [2.24, 2.45) is 0 Å². The predicted octanol–water partition coefficient (Wildman–Crippen LogP) is 2.17. The minimum Gasteiger partial charge on any atom is -1.00 e. The van der Waals surface area contributed by atoms with Gasteiger partial charge in [-0.05, 0) is 0 Å². The van der Waals surface area contributed by atoms with Crippen LogP contribution < -0.4 is 40.1 Å². The largest absolute Gasteiger partial charge is 1.00 e. The summed E-state index contributed by atoms with van der Waals surface area (Å²) in [5.41, 5.74) is 16.2. The molecule has 0 aromatic heterocycles. The number of benzene rings is 12. The second-order valence-electron chi connectivity index (χ2n) is 20.9. The lowest BCUT2D eigenvalue weighted by Crippen LogP contribution is -3.00. The zero-order valence-corrected chi connectivity index (χ0v) is 49.6. The van der Waals surface area contributed by atoms with Crippen LogP contribution in [0.25, 0.3) is 0 Å². The van der Waals surface area contributed by atoms with Crippen LogP contribution in [-0.2, 0) is 26.2 Å². The summed E-state index contributed by atoms with van der Waals surface area (Å²) in [6.07, 6.45) is 0. The Morgan fingerprint density at radius 3 is 0.364 bits per heavy atom. The van der Waals surface area contributed by atoms with Crippen LogP contribution in [0.15, 0.2) is 364 Å². The Balaban J connectivity index is 0.000000211. The fourth-order valence-corrected chi connectivity index (χ4v) is 10.6. The van der Waals surface area contributed by atoms with Crippen LogP contribution >= 0.6 is 0 Å². The summed E-state index contributed by atoms with van der Waals surface area (Å²) >= 11 is 0. The van der Waals surface area contributed by atoms with Gasteiger partial charge in [-0.15, -0.1) is 0 Å². The maximum atomic E-state index is 2.40. The van der Waals surface area contributed by atoms with E-state index in [2.05, 4.69) is 385 Å². The third-order valence-electron chi connectivity index (χ3n) is 15.0. The van der Waals surface area contributed by atoms with Gasteiger partial charge in [-0.1, -0.05) is 364 Å². The van der Waals surface area contributed by atoms with Gasteiger partial charge >= 0.3 is 0 Å². The van der Waals surface area contributed by atoms with E-state index in [4.69, 9.17) is 0 Å². The molecule has 12 rings (SSSR count). The lowest BCUT2D eigenvalue weighted by Gasteiger charge is -2.16. The molecule has 88 heavy (non-hydrogen) atoms. The monoisotopic (exact) mass is 1170 g/mol. The van der Waals surface area contributed by atoms with Crippen LogP contribution in [0.4, 0.5) is 0 Å². The van der Waals surface area contributed by atoms with Gasteiger partial charge in [0.2, 0.25) is 0 Å². The van der Waals surface area contributed by atoms with Crippen LogP contribution in [0, 0.1) is 0 Å². The zero-order valence-electron chi connectivity index (χ0n) is 49.6. The van der Waals surface area contributed by atoms with E-state index in [-0.39, 0.29) is 18.8 Å². The van der Waals surface area contributed by atoms with Crippen molar-refractivity contribution in [3.63, 3.8) is 0 Å². The second kappa shape index (κ2) is 39.7. The van der Waals surface area contributed by atoms with Gasteiger partial charge in [0.25, 0.3) is 0 Å². The van der Waals surface area contributed by atoms with E-state index in [0.717, 1.165) is 26.2 Å². The van der Waals surface area contributed by atoms with Gasteiger partial charge in [0.15, 0.2) is 0 Å². The van der Waals surface area contributed by atoms with Crippen molar-refractivity contribution in [3.8, 4) is 0 Å². The van der Waals surface area contributed by atoms with E-state index in [1.807, 2.05) is 0 Å². The molecule has 0 saturated heterocycles. The Labute approximate surface area is 518 Å². The normalized spacial score (nSPS) is 10.2. The summed E-state index contributed by atoms with van der Waals surface area (Å²) in [6.45, 7) is 3.93. The number of quaternary nitrogens is 4. The van der Waals surface area contributed by atoms with E-state index in [1.54, 1.807) is 0 Å². The first-order chi connectivity index (χ1) is 41.7. The van der Waals surface area contributed by atoms with Crippen molar-refractivity contribution in [2.45, 2.75) is 50.3 Å². The van der Waals surface area contributed by atoms with E-state index < -0.39 is 0 Å². The molecule has 0 atom stereocenters. The molecule has 0 spiro atoms. The summed E-state index contributed by atoms with van der Waals surface area (Å²) in [6, 6.07) is 130. The fourth-order valence-electron chi connectivity index (χ4n) is 10.6. The third-order valence-corrected chi connectivity index (χ3v) is 15.0. The van der Waals surface area contributed by atoms with Crippen molar-refractivity contribution in [3.05, 3.63) is 431 Å². The Morgan fingerprint density at radius 1 is 0.148 bits per heavy atom. The molecular formula is C80H80F4N4. The van der Waals surface area contributed by atoms with Crippen molar-refractivity contribution < 1.29 is 40.1 Å². The number of rotatable bonds is 20. The first-order valence-corrected chi connectivity index (χ1v) is 29.6. The molecule has 448 valence electrons. The maximum Gasteiger partial charge on any atom is 0.138 e. The molecular weight excluding hydrogens is 1090 g/mol. The van der Waals surface area contributed by atoms with Gasteiger partial charge in [0.05, 0.1) is 0 Å². The highest BCUT2D eigenvalue weighted by Crippen LogP contribution is 2.22. The molecule has 0 bridgehead atoms. The zero-order chi connectivity index (χ0) is 57.3. The average molecular weight is 1170 g/mol. The van der Waals surface area contributed by atoms with E-state index >= 15 is 0 Å². The van der Waals surface area contributed by atoms with Crippen LogP contribution in [-0.4, -0.2) is 0 Å². The van der Waals surface area contributed by atoms with Gasteiger partial charge in [0, 0.05) is 66.8 Å². The van der Waals surface area contributed by atoms with E-state index in [9.17, 15) is 0 Å². The van der Waals surface area contributed by atoms with Crippen LogP contribution in [0.2, 0.25) is 0 Å². The molecule has 12 aromatic rings. The molecule has 0 unspecified atom stereocenters. The molecule has 8 N–H and O–H groups in total. The van der Waals surface area contributed by atoms with E-state index in [1.165, 1.54) is 66.8 Å². The number of halogens is 4. The quantitative estimate of drug-likeness (QED) is 0.0848.